The number of nitrogens with one attached hydrogen (secondary N) is 1. The Hall–Kier alpha value is -1.88. The van der Waals surface area contributed by atoms with Crippen LogP contribution in [0.25, 0.3) is 0 Å². The van der Waals surface area contributed by atoms with Crippen LogP contribution in [0.5, 0.6) is 0 Å². The molecule has 2 atom stereocenters. The fourth-order valence-electron chi connectivity index (χ4n) is 4.06. The summed E-state index contributed by atoms with van der Waals surface area (Å²) in [6.07, 6.45) is 4.36. The number of benzene rings is 1. The molecule has 0 radical (unpaired) electrons. The Morgan fingerprint density at radius 2 is 1.85 bits per heavy atom. The second kappa shape index (κ2) is 9.36. The van der Waals surface area contributed by atoms with Crippen LogP contribution in [0.4, 0.5) is 5.69 Å². The Morgan fingerprint density at radius 1 is 1.22 bits per heavy atom. The van der Waals surface area contributed by atoms with Gasteiger partial charge in [-0.3, -0.25) is 14.5 Å². The molecular weight excluding hydrogens is 338 g/mol. The predicted octanol–water partition coefficient (Wildman–Crippen LogP) is 3.66. The summed E-state index contributed by atoms with van der Waals surface area (Å²) in [6, 6.07) is 4.18. The minimum Gasteiger partial charge on any atom is -0.338 e. The lowest BCUT2D eigenvalue weighted by atomic mass is 9.99. The lowest BCUT2D eigenvalue weighted by Gasteiger charge is -2.38. The number of likely N-dealkylation sites (N-methyl/N-ethyl adjacent to an activating group) is 1. The molecule has 1 fully saturated rings. The van der Waals surface area contributed by atoms with Gasteiger partial charge in [0.2, 0.25) is 11.8 Å². The van der Waals surface area contributed by atoms with E-state index in [-0.39, 0.29) is 24.4 Å². The zero-order valence-electron chi connectivity index (χ0n) is 17.8. The van der Waals surface area contributed by atoms with Crippen molar-refractivity contribution in [3.05, 3.63) is 28.8 Å². The number of hydrogen-bond acceptors (Lipinski definition) is 3. The van der Waals surface area contributed by atoms with E-state index in [1.165, 1.54) is 12.0 Å². The molecule has 1 N–H and O–H groups in total. The van der Waals surface area contributed by atoms with Crippen molar-refractivity contribution < 1.29 is 9.59 Å². The van der Waals surface area contributed by atoms with E-state index >= 15 is 0 Å². The fraction of sp³-hybridized carbons (Fsp3) is 0.636. The first-order valence-electron chi connectivity index (χ1n) is 10.1. The van der Waals surface area contributed by atoms with E-state index in [2.05, 4.69) is 31.3 Å². The Bertz CT molecular complexity index is 663. The SMILES string of the molecule is CC[C@H]1CCCCN1C(=O)[C@H](C)N(C)CC(=O)Nc1c(C)cc(C)cc1C. The number of likely N-dealkylation sites (tertiary alicyclic amines) is 1. The summed E-state index contributed by atoms with van der Waals surface area (Å²) >= 11 is 0. The quantitative estimate of drug-likeness (QED) is 0.828. The minimum absolute atomic E-state index is 0.0853. The number of nitrogens with zero attached hydrogens (tertiary/aromatic N) is 2. The summed E-state index contributed by atoms with van der Waals surface area (Å²) in [7, 11) is 1.85. The molecule has 1 aliphatic heterocycles. The number of carbonyl (C=O) groups excluding carboxylic acids is 2. The van der Waals surface area contributed by atoms with Crippen LogP contribution >= 0.6 is 0 Å². The van der Waals surface area contributed by atoms with E-state index < -0.39 is 0 Å². The van der Waals surface area contributed by atoms with Crippen LogP contribution < -0.4 is 5.32 Å². The monoisotopic (exact) mass is 373 g/mol. The van der Waals surface area contributed by atoms with Gasteiger partial charge < -0.3 is 10.2 Å². The summed E-state index contributed by atoms with van der Waals surface area (Å²) in [6.45, 7) is 11.1. The highest BCUT2D eigenvalue weighted by Gasteiger charge is 2.30. The molecule has 1 aromatic carbocycles. The summed E-state index contributed by atoms with van der Waals surface area (Å²) < 4.78 is 0. The molecule has 1 heterocycles. The van der Waals surface area contributed by atoms with Crippen molar-refractivity contribution in [2.45, 2.75) is 72.4 Å². The van der Waals surface area contributed by atoms with Crippen molar-refractivity contribution in [1.82, 2.24) is 9.80 Å². The summed E-state index contributed by atoms with van der Waals surface area (Å²) in [4.78, 5) is 29.4. The smallest absolute Gasteiger partial charge is 0.239 e. The van der Waals surface area contributed by atoms with Crippen molar-refractivity contribution in [2.24, 2.45) is 0 Å². The van der Waals surface area contributed by atoms with Gasteiger partial charge in [-0.2, -0.15) is 0 Å². The second-order valence-corrected chi connectivity index (χ2v) is 8.00. The van der Waals surface area contributed by atoms with Crippen molar-refractivity contribution in [3.8, 4) is 0 Å². The third kappa shape index (κ3) is 5.32. The number of anilines is 1. The summed E-state index contributed by atoms with van der Waals surface area (Å²) in [5.41, 5.74) is 4.19. The van der Waals surface area contributed by atoms with Crippen molar-refractivity contribution in [1.29, 1.82) is 0 Å². The highest BCUT2D eigenvalue weighted by molar-refractivity contribution is 5.94. The average molecular weight is 374 g/mol. The Labute approximate surface area is 164 Å². The van der Waals surface area contributed by atoms with Crippen LogP contribution in [0.3, 0.4) is 0 Å². The Balaban J connectivity index is 1.98. The Kier molecular flexibility index (Phi) is 7.42. The van der Waals surface area contributed by atoms with Gasteiger partial charge in [0.15, 0.2) is 0 Å². The molecule has 0 spiro atoms. The number of carbonyl (C=O) groups is 2. The maximum atomic E-state index is 12.9. The zero-order valence-corrected chi connectivity index (χ0v) is 17.8. The van der Waals surface area contributed by atoms with Gasteiger partial charge in [-0.15, -0.1) is 0 Å². The maximum absolute atomic E-state index is 12.9. The second-order valence-electron chi connectivity index (χ2n) is 8.00. The lowest BCUT2D eigenvalue weighted by molar-refractivity contribution is -0.140. The van der Waals surface area contributed by atoms with E-state index in [1.54, 1.807) is 0 Å². The molecule has 0 bridgehead atoms. The zero-order chi connectivity index (χ0) is 20.1. The lowest BCUT2D eigenvalue weighted by Crippen LogP contribution is -2.52. The molecule has 0 aliphatic carbocycles. The fourth-order valence-corrected chi connectivity index (χ4v) is 4.06. The molecule has 0 unspecified atom stereocenters. The number of hydrogen-bond donors (Lipinski definition) is 1. The summed E-state index contributed by atoms with van der Waals surface area (Å²) in [5, 5.41) is 3.02. The molecule has 5 heteroatoms. The van der Waals surface area contributed by atoms with E-state index in [9.17, 15) is 9.59 Å². The molecule has 0 aromatic heterocycles. The van der Waals surface area contributed by atoms with Crippen LogP contribution in [0.15, 0.2) is 12.1 Å². The predicted molar refractivity (Wildman–Crippen MR) is 111 cm³/mol. The largest absolute Gasteiger partial charge is 0.338 e. The first-order chi connectivity index (χ1) is 12.7. The molecule has 0 saturated carbocycles. The molecule has 1 aromatic rings. The Morgan fingerprint density at radius 3 is 2.44 bits per heavy atom. The van der Waals surface area contributed by atoms with Crippen LogP contribution in [0.2, 0.25) is 0 Å². The van der Waals surface area contributed by atoms with Crippen molar-refractivity contribution in [3.63, 3.8) is 0 Å². The number of rotatable bonds is 6. The normalized spacial score (nSPS) is 18.5. The molecule has 2 rings (SSSR count). The first-order valence-corrected chi connectivity index (χ1v) is 10.1. The molecular formula is C22H35N3O2. The third-order valence-electron chi connectivity index (χ3n) is 5.73. The average Bonchev–Trinajstić information content (AvgIpc) is 2.63. The topological polar surface area (TPSA) is 52.7 Å². The summed E-state index contributed by atoms with van der Waals surface area (Å²) in [5.74, 6) is 0.0532. The highest BCUT2D eigenvalue weighted by atomic mass is 16.2. The molecule has 5 nitrogen and oxygen atoms in total. The van der Waals surface area contributed by atoms with Gasteiger partial charge in [0.1, 0.15) is 0 Å². The van der Waals surface area contributed by atoms with Crippen molar-refractivity contribution in [2.75, 3.05) is 25.5 Å². The number of aryl methyl sites for hydroxylation is 3. The van der Waals surface area contributed by atoms with E-state index in [1.807, 2.05) is 37.6 Å². The molecule has 150 valence electrons. The van der Waals surface area contributed by atoms with Gasteiger partial charge in [0.05, 0.1) is 12.6 Å². The van der Waals surface area contributed by atoms with E-state index in [4.69, 9.17) is 0 Å². The van der Waals surface area contributed by atoms with E-state index in [0.29, 0.717) is 6.04 Å². The van der Waals surface area contributed by atoms with Crippen LogP contribution in [0, 0.1) is 20.8 Å². The van der Waals surface area contributed by atoms with Gasteiger partial charge in [0.25, 0.3) is 0 Å². The van der Waals surface area contributed by atoms with Gasteiger partial charge >= 0.3 is 0 Å². The minimum atomic E-state index is -0.303. The maximum Gasteiger partial charge on any atom is 0.239 e. The highest BCUT2D eigenvalue weighted by Crippen LogP contribution is 2.23. The van der Waals surface area contributed by atoms with Crippen molar-refractivity contribution >= 4 is 17.5 Å². The van der Waals surface area contributed by atoms with E-state index in [0.717, 1.165) is 42.6 Å². The first kappa shape index (κ1) is 21.4. The van der Waals surface area contributed by atoms with Crippen LogP contribution in [-0.2, 0) is 9.59 Å². The van der Waals surface area contributed by atoms with Gasteiger partial charge in [0, 0.05) is 18.3 Å². The van der Waals surface area contributed by atoms with Gasteiger partial charge in [-0.1, -0.05) is 24.6 Å². The molecule has 27 heavy (non-hydrogen) atoms. The van der Waals surface area contributed by atoms with Gasteiger partial charge in [-0.05, 0) is 71.6 Å². The van der Waals surface area contributed by atoms with Gasteiger partial charge in [-0.25, -0.2) is 0 Å². The molecule has 1 aliphatic rings. The third-order valence-corrected chi connectivity index (χ3v) is 5.73. The standard InChI is InChI=1S/C22H35N3O2/c1-7-19-10-8-9-11-25(19)22(27)18(5)24(6)14-20(26)23-21-16(3)12-15(2)13-17(21)4/h12-13,18-19H,7-11,14H2,1-6H3,(H,23,26)/t18-,19-/m0/s1. The molecule has 1 saturated heterocycles. The number of piperidine rings is 1. The molecule has 2 amide bonds. The number of amides is 2. The van der Waals surface area contributed by atoms with Crippen LogP contribution in [0.1, 0.15) is 56.2 Å². The van der Waals surface area contributed by atoms with Crippen LogP contribution in [-0.4, -0.2) is 53.8 Å².